The Morgan fingerprint density at radius 2 is 1.96 bits per heavy atom. The van der Waals surface area contributed by atoms with Crippen molar-refractivity contribution in [2.75, 3.05) is 13.7 Å². The van der Waals surface area contributed by atoms with E-state index in [1.54, 1.807) is 11.0 Å². The SMILES string of the molecule is COC(=O)c1ccc2c(ccn2[C@H]2CN(C(=O)OC(C)(C)C)[C@@H]2C)n1. The number of methoxy groups -OCH3 is 1. The Hall–Kier alpha value is -2.57. The molecule has 0 spiro atoms. The van der Waals surface area contributed by atoms with E-state index in [2.05, 4.69) is 9.55 Å². The molecule has 3 heterocycles. The number of likely N-dealkylation sites (tertiary alicyclic amines) is 1. The van der Waals surface area contributed by atoms with Crippen LogP contribution in [0.5, 0.6) is 0 Å². The number of ether oxygens (including phenoxy) is 2. The largest absolute Gasteiger partial charge is 0.464 e. The average molecular weight is 345 g/mol. The van der Waals surface area contributed by atoms with Crippen LogP contribution in [0.25, 0.3) is 11.0 Å². The zero-order valence-electron chi connectivity index (χ0n) is 15.1. The summed E-state index contributed by atoms with van der Waals surface area (Å²) in [6, 6.07) is 5.54. The smallest absolute Gasteiger partial charge is 0.410 e. The van der Waals surface area contributed by atoms with Crippen LogP contribution in [0, 0.1) is 0 Å². The Labute approximate surface area is 146 Å². The monoisotopic (exact) mass is 345 g/mol. The van der Waals surface area contributed by atoms with E-state index in [-0.39, 0.29) is 23.9 Å². The number of carbonyl (C=O) groups is 2. The summed E-state index contributed by atoms with van der Waals surface area (Å²) < 4.78 is 12.2. The first-order valence-corrected chi connectivity index (χ1v) is 8.27. The van der Waals surface area contributed by atoms with Crippen LogP contribution < -0.4 is 0 Å². The zero-order valence-corrected chi connectivity index (χ0v) is 15.1. The molecule has 0 radical (unpaired) electrons. The first kappa shape index (κ1) is 17.3. The number of esters is 1. The highest BCUT2D eigenvalue weighted by molar-refractivity contribution is 5.90. The minimum absolute atomic E-state index is 0.0192. The Kier molecular flexibility index (Phi) is 4.18. The number of fused-ring (bicyclic) bond motifs is 1. The van der Waals surface area contributed by atoms with E-state index in [4.69, 9.17) is 9.47 Å². The van der Waals surface area contributed by atoms with Gasteiger partial charge in [-0.2, -0.15) is 0 Å². The standard InChI is InChI=1S/C18H23N3O4/c1-11-15(10-21(11)17(23)25-18(2,3)4)20-9-8-12-14(20)7-6-13(19-12)16(22)24-5/h6-9,11,15H,10H2,1-5H3/t11-,15+/m1/s1. The van der Waals surface area contributed by atoms with Crippen molar-refractivity contribution in [2.24, 2.45) is 0 Å². The quantitative estimate of drug-likeness (QED) is 0.782. The van der Waals surface area contributed by atoms with Crippen molar-refractivity contribution < 1.29 is 19.1 Å². The first-order valence-electron chi connectivity index (χ1n) is 8.27. The van der Waals surface area contributed by atoms with Gasteiger partial charge in [0.2, 0.25) is 0 Å². The van der Waals surface area contributed by atoms with Gasteiger partial charge >= 0.3 is 12.1 Å². The lowest BCUT2D eigenvalue weighted by Gasteiger charge is -2.47. The first-order chi connectivity index (χ1) is 11.7. The van der Waals surface area contributed by atoms with Gasteiger partial charge in [0.05, 0.1) is 30.2 Å². The van der Waals surface area contributed by atoms with Crippen molar-refractivity contribution in [1.82, 2.24) is 14.5 Å². The average Bonchev–Trinajstić information content (AvgIpc) is 2.93. The highest BCUT2D eigenvalue weighted by Gasteiger charge is 2.42. The van der Waals surface area contributed by atoms with Gasteiger partial charge in [-0.3, -0.25) is 0 Å². The van der Waals surface area contributed by atoms with Crippen molar-refractivity contribution in [2.45, 2.75) is 45.4 Å². The lowest BCUT2D eigenvalue weighted by Crippen LogP contribution is -2.58. The molecule has 2 aromatic rings. The summed E-state index contributed by atoms with van der Waals surface area (Å²) in [5.41, 5.74) is 1.43. The molecule has 1 aliphatic rings. The second-order valence-electron chi connectivity index (χ2n) is 7.26. The van der Waals surface area contributed by atoms with Crippen LogP contribution in [0.2, 0.25) is 0 Å². The van der Waals surface area contributed by atoms with Crippen LogP contribution in [0.4, 0.5) is 4.79 Å². The van der Waals surface area contributed by atoms with Crippen molar-refractivity contribution in [3.63, 3.8) is 0 Å². The molecule has 0 N–H and O–H groups in total. The maximum Gasteiger partial charge on any atom is 0.410 e. The van der Waals surface area contributed by atoms with Gasteiger partial charge in [0.15, 0.2) is 0 Å². The number of aromatic nitrogens is 2. The molecule has 0 aliphatic carbocycles. The number of amides is 1. The number of carbonyl (C=O) groups excluding carboxylic acids is 2. The topological polar surface area (TPSA) is 73.7 Å². The van der Waals surface area contributed by atoms with E-state index in [0.29, 0.717) is 6.54 Å². The lowest BCUT2D eigenvalue weighted by atomic mass is 9.98. The van der Waals surface area contributed by atoms with Gasteiger partial charge in [-0.25, -0.2) is 14.6 Å². The molecule has 0 bridgehead atoms. The summed E-state index contributed by atoms with van der Waals surface area (Å²) >= 11 is 0. The maximum atomic E-state index is 12.2. The molecule has 2 atom stereocenters. The molecule has 7 nitrogen and oxygen atoms in total. The third-order valence-electron chi connectivity index (χ3n) is 4.39. The van der Waals surface area contributed by atoms with Gasteiger partial charge in [0.25, 0.3) is 0 Å². The summed E-state index contributed by atoms with van der Waals surface area (Å²) in [6.45, 7) is 8.16. The van der Waals surface area contributed by atoms with Crippen LogP contribution in [0.3, 0.4) is 0 Å². The Balaban J connectivity index is 1.78. The molecule has 2 aromatic heterocycles. The van der Waals surface area contributed by atoms with Gasteiger partial charge in [0.1, 0.15) is 11.3 Å². The third-order valence-corrected chi connectivity index (χ3v) is 4.39. The Bertz CT molecular complexity index is 821. The molecule has 7 heteroatoms. The molecule has 1 aliphatic heterocycles. The van der Waals surface area contributed by atoms with E-state index in [1.807, 2.05) is 46.0 Å². The molecule has 0 unspecified atom stereocenters. The van der Waals surface area contributed by atoms with Crippen molar-refractivity contribution in [3.05, 3.63) is 30.1 Å². The fraction of sp³-hybridized carbons (Fsp3) is 0.500. The van der Waals surface area contributed by atoms with Gasteiger partial charge in [0, 0.05) is 12.7 Å². The predicted octanol–water partition coefficient (Wildman–Crippen LogP) is 3.00. The molecule has 0 saturated carbocycles. The van der Waals surface area contributed by atoms with Crippen LogP contribution in [-0.4, -0.2) is 51.8 Å². The Morgan fingerprint density at radius 3 is 2.56 bits per heavy atom. The number of pyridine rings is 1. The fourth-order valence-electron chi connectivity index (χ4n) is 3.02. The fourth-order valence-corrected chi connectivity index (χ4v) is 3.02. The second kappa shape index (κ2) is 6.06. The summed E-state index contributed by atoms with van der Waals surface area (Å²) in [6.07, 6.45) is 1.64. The maximum absolute atomic E-state index is 12.2. The molecule has 25 heavy (non-hydrogen) atoms. The molecule has 134 valence electrons. The van der Waals surface area contributed by atoms with Crippen LogP contribution in [0.15, 0.2) is 24.4 Å². The summed E-state index contributed by atoms with van der Waals surface area (Å²) in [5, 5.41) is 0. The zero-order chi connectivity index (χ0) is 18.4. The molecule has 1 fully saturated rings. The number of rotatable bonds is 2. The Morgan fingerprint density at radius 1 is 1.24 bits per heavy atom. The molecular formula is C18H23N3O4. The molecule has 1 amide bonds. The highest BCUT2D eigenvalue weighted by atomic mass is 16.6. The molecule has 1 saturated heterocycles. The molecule has 0 aromatic carbocycles. The molecule has 3 rings (SSSR count). The van der Waals surface area contributed by atoms with Crippen LogP contribution in [-0.2, 0) is 9.47 Å². The number of hydrogen-bond donors (Lipinski definition) is 0. The number of hydrogen-bond acceptors (Lipinski definition) is 5. The minimum atomic E-state index is -0.504. The molecular weight excluding hydrogens is 322 g/mol. The highest BCUT2D eigenvalue weighted by Crippen LogP contribution is 2.33. The van der Waals surface area contributed by atoms with E-state index >= 15 is 0 Å². The summed E-state index contributed by atoms with van der Waals surface area (Å²) in [4.78, 5) is 29.9. The second-order valence-corrected chi connectivity index (χ2v) is 7.26. The van der Waals surface area contributed by atoms with E-state index < -0.39 is 11.6 Å². The lowest BCUT2D eigenvalue weighted by molar-refractivity contribution is -0.0205. The van der Waals surface area contributed by atoms with Crippen LogP contribution in [0.1, 0.15) is 44.2 Å². The van der Waals surface area contributed by atoms with Crippen LogP contribution >= 0.6 is 0 Å². The van der Waals surface area contributed by atoms with E-state index in [9.17, 15) is 9.59 Å². The summed E-state index contributed by atoms with van der Waals surface area (Å²) in [5.74, 6) is -0.456. The van der Waals surface area contributed by atoms with Gasteiger partial charge in [-0.1, -0.05) is 0 Å². The van der Waals surface area contributed by atoms with Crippen molar-refractivity contribution >= 4 is 23.1 Å². The summed E-state index contributed by atoms with van der Waals surface area (Å²) in [7, 11) is 1.33. The van der Waals surface area contributed by atoms with E-state index in [0.717, 1.165) is 11.0 Å². The van der Waals surface area contributed by atoms with Gasteiger partial charge in [-0.05, 0) is 45.9 Å². The minimum Gasteiger partial charge on any atom is -0.464 e. The van der Waals surface area contributed by atoms with Crippen molar-refractivity contribution in [1.29, 1.82) is 0 Å². The number of nitrogens with zero attached hydrogens (tertiary/aromatic N) is 3. The van der Waals surface area contributed by atoms with E-state index in [1.165, 1.54) is 7.11 Å². The van der Waals surface area contributed by atoms with Crippen molar-refractivity contribution in [3.8, 4) is 0 Å². The third kappa shape index (κ3) is 3.18. The van der Waals surface area contributed by atoms with Gasteiger partial charge in [-0.15, -0.1) is 0 Å². The normalized spacial score (nSPS) is 20.3. The van der Waals surface area contributed by atoms with Gasteiger partial charge < -0.3 is 18.9 Å². The predicted molar refractivity (Wildman–Crippen MR) is 92.5 cm³/mol.